The van der Waals surface area contributed by atoms with Gasteiger partial charge in [-0.15, -0.1) is 0 Å². The molecule has 0 aromatic heterocycles. The molecule has 1 fully saturated rings. The number of anilines is 1. The molecule has 27 heavy (non-hydrogen) atoms. The molecule has 2 N–H and O–H groups in total. The Kier molecular flexibility index (Phi) is 6.55. The molecule has 1 aliphatic rings. The number of hydrogen-bond acceptors (Lipinski definition) is 4. The Bertz CT molecular complexity index is 750. The van der Waals surface area contributed by atoms with Gasteiger partial charge in [-0.1, -0.05) is 23.9 Å². The second-order valence-electron chi connectivity index (χ2n) is 6.41. The van der Waals surface area contributed by atoms with Gasteiger partial charge in [0.1, 0.15) is 5.75 Å². The molecule has 0 bridgehead atoms. The minimum Gasteiger partial charge on any atom is -0.497 e. The van der Waals surface area contributed by atoms with Crippen LogP contribution in [0.1, 0.15) is 24.4 Å². The first-order chi connectivity index (χ1) is 13.0. The zero-order valence-electron chi connectivity index (χ0n) is 15.0. The number of alkyl halides is 2. The van der Waals surface area contributed by atoms with Gasteiger partial charge in [-0.3, -0.25) is 4.79 Å². The minimum absolute atomic E-state index is 0.00461. The number of thioether (sulfide) groups is 1. The van der Waals surface area contributed by atoms with Crippen molar-refractivity contribution in [2.24, 2.45) is 5.92 Å². The Morgan fingerprint density at radius 1 is 1.15 bits per heavy atom. The van der Waals surface area contributed by atoms with Crippen molar-refractivity contribution < 1.29 is 18.3 Å². The van der Waals surface area contributed by atoms with E-state index < -0.39 is 5.76 Å². The summed E-state index contributed by atoms with van der Waals surface area (Å²) in [4.78, 5) is 12.9. The van der Waals surface area contributed by atoms with Gasteiger partial charge in [-0.2, -0.15) is 8.78 Å². The number of methoxy groups -OCH3 is 1. The van der Waals surface area contributed by atoms with Crippen LogP contribution < -0.4 is 15.4 Å². The molecule has 1 unspecified atom stereocenters. The molecule has 4 nitrogen and oxygen atoms in total. The highest BCUT2D eigenvalue weighted by atomic mass is 32.2. The zero-order chi connectivity index (χ0) is 19.2. The third-order valence-electron chi connectivity index (χ3n) is 4.42. The highest BCUT2D eigenvalue weighted by molar-refractivity contribution is 7.99. The SMILES string of the molecule is COc1ccc(C(NC(=O)CNc2ccc(SC(F)F)cc2)C2CC2)cc1. The van der Waals surface area contributed by atoms with E-state index in [4.69, 9.17) is 4.74 Å². The lowest BCUT2D eigenvalue weighted by atomic mass is 10.0. The highest BCUT2D eigenvalue weighted by Crippen LogP contribution is 2.41. The lowest BCUT2D eigenvalue weighted by Gasteiger charge is -2.19. The van der Waals surface area contributed by atoms with Crippen molar-refractivity contribution in [3.05, 3.63) is 54.1 Å². The number of hydrogen-bond donors (Lipinski definition) is 2. The second-order valence-corrected chi connectivity index (χ2v) is 7.48. The van der Waals surface area contributed by atoms with Gasteiger partial charge in [0.15, 0.2) is 0 Å². The van der Waals surface area contributed by atoms with E-state index in [2.05, 4.69) is 10.6 Å². The second kappa shape index (κ2) is 9.08. The van der Waals surface area contributed by atoms with Crippen molar-refractivity contribution in [1.82, 2.24) is 5.32 Å². The van der Waals surface area contributed by atoms with E-state index in [0.29, 0.717) is 22.6 Å². The summed E-state index contributed by atoms with van der Waals surface area (Å²) in [6.07, 6.45) is 2.21. The summed E-state index contributed by atoms with van der Waals surface area (Å²) in [5, 5.41) is 6.13. The Morgan fingerprint density at radius 2 is 1.81 bits per heavy atom. The van der Waals surface area contributed by atoms with Gasteiger partial charge >= 0.3 is 0 Å². The van der Waals surface area contributed by atoms with Crippen LogP contribution in [0.5, 0.6) is 5.75 Å². The van der Waals surface area contributed by atoms with Gasteiger partial charge in [0, 0.05) is 10.6 Å². The Hall–Kier alpha value is -2.28. The molecule has 0 saturated heterocycles. The Balaban J connectivity index is 1.53. The summed E-state index contributed by atoms with van der Waals surface area (Å²) >= 11 is 0.501. The fourth-order valence-electron chi connectivity index (χ4n) is 2.88. The van der Waals surface area contributed by atoms with E-state index in [0.717, 1.165) is 29.8 Å². The average molecular weight is 392 g/mol. The van der Waals surface area contributed by atoms with E-state index in [9.17, 15) is 13.6 Å². The monoisotopic (exact) mass is 392 g/mol. The molecule has 2 aromatic carbocycles. The molecular weight excluding hydrogens is 370 g/mol. The third-order valence-corrected chi connectivity index (χ3v) is 5.14. The van der Waals surface area contributed by atoms with Crippen molar-refractivity contribution in [2.75, 3.05) is 19.0 Å². The van der Waals surface area contributed by atoms with Gasteiger partial charge in [-0.05, 0) is 60.7 Å². The van der Waals surface area contributed by atoms with Crippen LogP contribution in [0.2, 0.25) is 0 Å². The van der Waals surface area contributed by atoms with Crippen LogP contribution in [-0.4, -0.2) is 25.3 Å². The van der Waals surface area contributed by atoms with Crippen LogP contribution in [0, 0.1) is 5.92 Å². The van der Waals surface area contributed by atoms with Gasteiger partial charge in [-0.25, -0.2) is 0 Å². The molecule has 1 saturated carbocycles. The summed E-state index contributed by atoms with van der Waals surface area (Å²) in [5.74, 6) is -1.29. The quantitative estimate of drug-likeness (QED) is 0.608. The number of halogens is 2. The molecule has 1 aliphatic carbocycles. The molecule has 0 radical (unpaired) electrons. The van der Waals surface area contributed by atoms with Crippen LogP contribution in [-0.2, 0) is 4.79 Å². The molecule has 3 rings (SSSR count). The third kappa shape index (κ3) is 5.85. The van der Waals surface area contributed by atoms with E-state index in [1.807, 2.05) is 24.3 Å². The lowest BCUT2D eigenvalue weighted by Crippen LogP contribution is -2.34. The summed E-state index contributed by atoms with van der Waals surface area (Å²) in [6, 6.07) is 14.4. The molecular formula is C20H22F2N2O2S. The van der Waals surface area contributed by atoms with Gasteiger partial charge < -0.3 is 15.4 Å². The first-order valence-electron chi connectivity index (χ1n) is 8.77. The normalized spacial score (nSPS) is 14.7. The van der Waals surface area contributed by atoms with Crippen LogP contribution in [0.4, 0.5) is 14.5 Å². The van der Waals surface area contributed by atoms with Gasteiger partial charge in [0.25, 0.3) is 5.76 Å². The predicted molar refractivity (Wildman–Crippen MR) is 103 cm³/mol. The van der Waals surface area contributed by atoms with Crippen molar-refractivity contribution in [3.8, 4) is 5.75 Å². The van der Waals surface area contributed by atoms with E-state index >= 15 is 0 Å². The highest BCUT2D eigenvalue weighted by Gasteiger charge is 2.33. The molecule has 1 amide bonds. The van der Waals surface area contributed by atoms with Gasteiger partial charge in [0.05, 0.1) is 19.7 Å². The fourth-order valence-corrected chi connectivity index (χ4v) is 3.37. The van der Waals surface area contributed by atoms with Crippen LogP contribution in [0.3, 0.4) is 0 Å². The Labute approximate surface area is 161 Å². The topological polar surface area (TPSA) is 50.4 Å². The number of rotatable bonds is 9. The predicted octanol–water partition coefficient (Wildman–Crippen LogP) is 4.69. The van der Waals surface area contributed by atoms with Crippen molar-refractivity contribution in [2.45, 2.75) is 29.5 Å². The number of nitrogens with one attached hydrogen (secondary N) is 2. The molecule has 0 heterocycles. The van der Waals surface area contributed by atoms with Crippen LogP contribution in [0.15, 0.2) is 53.4 Å². The molecule has 1 atom stereocenters. The maximum absolute atomic E-state index is 12.4. The summed E-state index contributed by atoms with van der Waals surface area (Å²) in [6.45, 7) is 0.126. The van der Waals surface area contributed by atoms with Crippen LogP contribution in [0.25, 0.3) is 0 Å². The first-order valence-corrected chi connectivity index (χ1v) is 9.65. The number of carbonyl (C=O) groups is 1. The first kappa shape index (κ1) is 19.5. The minimum atomic E-state index is -2.44. The molecule has 7 heteroatoms. The standard InChI is InChI=1S/C20H22F2N2O2S/c1-26-16-8-4-14(5-9-16)19(13-2-3-13)24-18(25)12-23-15-6-10-17(11-7-15)27-20(21)22/h4-11,13,19-20,23H,2-3,12H2,1H3,(H,24,25). The zero-order valence-corrected chi connectivity index (χ0v) is 15.8. The summed E-state index contributed by atoms with van der Waals surface area (Å²) in [5.41, 5.74) is 1.79. The average Bonchev–Trinajstić information content (AvgIpc) is 3.50. The number of benzene rings is 2. The Morgan fingerprint density at radius 3 is 2.37 bits per heavy atom. The van der Waals surface area contributed by atoms with Crippen molar-refractivity contribution in [1.29, 1.82) is 0 Å². The number of amides is 1. The van der Waals surface area contributed by atoms with Gasteiger partial charge in [0.2, 0.25) is 5.91 Å². The summed E-state index contributed by atoms with van der Waals surface area (Å²) < 4.78 is 29.9. The number of carbonyl (C=O) groups excluding carboxylic acids is 1. The smallest absolute Gasteiger partial charge is 0.288 e. The molecule has 144 valence electrons. The molecule has 0 spiro atoms. The van der Waals surface area contributed by atoms with E-state index in [1.165, 1.54) is 0 Å². The maximum atomic E-state index is 12.4. The van der Waals surface area contributed by atoms with E-state index in [-0.39, 0.29) is 18.5 Å². The largest absolute Gasteiger partial charge is 0.497 e. The van der Waals surface area contributed by atoms with Crippen molar-refractivity contribution >= 4 is 23.4 Å². The summed E-state index contributed by atoms with van der Waals surface area (Å²) in [7, 11) is 1.62. The molecule has 0 aliphatic heterocycles. The molecule has 2 aromatic rings. The maximum Gasteiger partial charge on any atom is 0.288 e. The fraction of sp³-hybridized carbons (Fsp3) is 0.350. The lowest BCUT2D eigenvalue weighted by molar-refractivity contribution is -0.120. The van der Waals surface area contributed by atoms with Crippen LogP contribution >= 0.6 is 11.8 Å². The van der Waals surface area contributed by atoms with Crippen molar-refractivity contribution in [3.63, 3.8) is 0 Å². The number of ether oxygens (including phenoxy) is 1. The van der Waals surface area contributed by atoms with E-state index in [1.54, 1.807) is 31.4 Å².